The van der Waals surface area contributed by atoms with Crippen molar-refractivity contribution < 1.29 is 0 Å². The molecule has 140 valence electrons. The van der Waals surface area contributed by atoms with Crippen molar-refractivity contribution in [2.45, 2.75) is 38.3 Å². The van der Waals surface area contributed by atoms with E-state index in [1.165, 1.54) is 29.8 Å². The number of piperazine rings is 1. The van der Waals surface area contributed by atoms with E-state index in [0.29, 0.717) is 0 Å². The van der Waals surface area contributed by atoms with E-state index in [4.69, 9.17) is 0 Å². The minimum Gasteiger partial charge on any atom is -0.369 e. The summed E-state index contributed by atoms with van der Waals surface area (Å²) in [5.41, 5.74) is 4.33. The van der Waals surface area contributed by atoms with E-state index in [1.807, 2.05) is 18.5 Å². The van der Waals surface area contributed by atoms with Crippen LogP contribution >= 0.6 is 11.8 Å². The van der Waals surface area contributed by atoms with Crippen LogP contribution in [0.2, 0.25) is 0 Å². The number of rotatable bonds is 8. The third-order valence-electron chi connectivity index (χ3n) is 4.98. The zero-order valence-electron chi connectivity index (χ0n) is 16.0. The van der Waals surface area contributed by atoms with Gasteiger partial charge >= 0.3 is 0 Å². The number of aryl methyl sites for hydroxylation is 2. The normalized spacial score (nSPS) is 15.4. The van der Waals surface area contributed by atoms with Crippen molar-refractivity contribution in [3.05, 3.63) is 47.8 Å². The van der Waals surface area contributed by atoms with E-state index in [-0.39, 0.29) is 0 Å². The van der Waals surface area contributed by atoms with Gasteiger partial charge < -0.3 is 4.90 Å². The van der Waals surface area contributed by atoms with Crippen LogP contribution in [-0.2, 0) is 12.8 Å². The molecule has 0 atom stereocenters. The summed E-state index contributed by atoms with van der Waals surface area (Å²) in [5, 5.41) is 0.889. The molecule has 0 spiro atoms. The number of aromatic nitrogens is 2. The van der Waals surface area contributed by atoms with Crippen LogP contribution in [-0.4, -0.2) is 53.3 Å². The average Bonchev–Trinajstić information content (AvgIpc) is 2.72. The highest BCUT2D eigenvalue weighted by molar-refractivity contribution is 7.99. The van der Waals surface area contributed by atoms with Crippen molar-refractivity contribution >= 4 is 17.4 Å². The topological polar surface area (TPSA) is 32.3 Å². The van der Waals surface area contributed by atoms with Gasteiger partial charge in [-0.2, -0.15) is 0 Å². The molecule has 0 radical (unpaired) electrons. The molecule has 2 heterocycles. The van der Waals surface area contributed by atoms with E-state index < -0.39 is 0 Å². The van der Waals surface area contributed by atoms with Crippen LogP contribution in [0.4, 0.5) is 5.69 Å². The zero-order chi connectivity index (χ0) is 18.2. The van der Waals surface area contributed by atoms with E-state index in [9.17, 15) is 0 Å². The molecule has 1 aliphatic rings. The Morgan fingerprint density at radius 2 is 1.58 bits per heavy atom. The first-order chi connectivity index (χ1) is 12.8. The SMILES string of the molecule is CCc1cc(CC)cc(N2CCN(CCCSc3ncccn3)CC2)c1. The van der Waals surface area contributed by atoms with Gasteiger partial charge in [-0.15, -0.1) is 0 Å². The Balaban J connectivity index is 1.43. The zero-order valence-corrected chi connectivity index (χ0v) is 16.8. The number of hydrogen-bond acceptors (Lipinski definition) is 5. The predicted molar refractivity (Wildman–Crippen MR) is 111 cm³/mol. The lowest BCUT2D eigenvalue weighted by atomic mass is 10.0. The third kappa shape index (κ3) is 5.45. The summed E-state index contributed by atoms with van der Waals surface area (Å²) in [7, 11) is 0. The van der Waals surface area contributed by atoms with Crippen molar-refractivity contribution in [2.75, 3.05) is 43.4 Å². The molecule has 0 saturated carbocycles. The van der Waals surface area contributed by atoms with Crippen LogP contribution < -0.4 is 4.90 Å². The van der Waals surface area contributed by atoms with Crippen molar-refractivity contribution in [3.8, 4) is 0 Å². The number of anilines is 1. The van der Waals surface area contributed by atoms with Gasteiger partial charge in [-0.1, -0.05) is 31.7 Å². The lowest BCUT2D eigenvalue weighted by Gasteiger charge is -2.36. The molecule has 2 aromatic rings. The maximum absolute atomic E-state index is 4.27. The Labute approximate surface area is 162 Å². The minimum absolute atomic E-state index is 0.889. The van der Waals surface area contributed by atoms with Crippen molar-refractivity contribution in [1.82, 2.24) is 14.9 Å². The summed E-state index contributed by atoms with van der Waals surface area (Å²) in [6.45, 7) is 10.2. The Morgan fingerprint density at radius 3 is 2.19 bits per heavy atom. The number of nitrogens with zero attached hydrogens (tertiary/aromatic N) is 4. The van der Waals surface area contributed by atoms with Crippen LogP contribution in [0, 0.1) is 0 Å². The average molecular weight is 371 g/mol. The van der Waals surface area contributed by atoms with Gasteiger partial charge in [-0.05, 0) is 55.1 Å². The van der Waals surface area contributed by atoms with Gasteiger partial charge in [0, 0.05) is 50.0 Å². The highest BCUT2D eigenvalue weighted by Gasteiger charge is 2.17. The summed E-state index contributed by atoms with van der Waals surface area (Å²) in [4.78, 5) is 13.7. The maximum atomic E-state index is 4.27. The van der Waals surface area contributed by atoms with Gasteiger partial charge in [-0.25, -0.2) is 9.97 Å². The van der Waals surface area contributed by atoms with E-state index in [0.717, 1.165) is 49.9 Å². The van der Waals surface area contributed by atoms with Gasteiger partial charge in [-0.3, -0.25) is 4.90 Å². The maximum Gasteiger partial charge on any atom is 0.187 e. The van der Waals surface area contributed by atoms with Crippen LogP contribution in [0.25, 0.3) is 0 Å². The fourth-order valence-corrected chi connectivity index (χ4v) is 4.10. The number of thioether (sulfide) groups is 1. The largest absolute Gasteiger partial charge is 0.369 e. The Bertz CT molecular complexity index is 647. The molecule has 1 aromatic heterocycles. The molecular weight excluding hydrogens is 340 g/mol. The molecular formula is C21H30N4S. The molecule has 5 heteroatoms. The van der Waals surface area contributed by atoms with Crippen LogP contribution in [0.15, 0.2) is 41.8 Å². The van der Waals surface area contributed by atoms with Gasteiger partial charge in [0.25, 0.3) is 0 Å². The summed E-state index contributed by atoms with van der Waals surface area (Å²) in [6.07, 6.45) is 7.04. The van der Waals surface area contributed by atoms with Crippen LogP contribution in [0.3, 0.4) is 0 Å². The molecule has 1 aliphatic heterocycles. The lowest BCUT2D eigenvalue weighted by molar-refractivity contribution is 0.259. The summed E-state index contributed by atoms with van der Waals surface area (Å²) >= 11 is 1.76. The fourth-order valence-electron chi connectivity index (χ4n) is 3.38. The molecule has 0 bridgehead atoms. The van der Waals surface area contributed by atoms with Gasteiger partial charge in [0.05, 0.1) is 0 Å². The monoisotopic (exact) mass is 370 g/mol. The lowest BCUT2D eigenvalue weighted by Crippen LogP contribution is -2.46. The second kappa shape index (κ2) is 9.93. The molecule has 3 rings (SSSR count). The van der Waals surface area contributed by atoms with Gasteiger partial charge in [0.15, 0.2) is 5.16 Å². The summed E-state index contributed by atoms with van der Waals surface area (Å²) in [5.74, 6) is 1.09. The second-order valence-corrected chi connectivity index (χ2v) is 7.84. The first-order valence-corrected chi connectivity index (χ1v) is 10.8. The second-order valence-electron chi connectivity index (χ2n) is 6.78. The van der Waals surface area contributed by atoms with E-state index in [1.54, 1.807) is 11.8 Å². The Morgan fingerprint density at radius 1 is 0.923 bits per heavy atom. The minimum atomic E-state index is 0.889. The van der Waals surface area contributed by atoms with E-state index in [2.05, 4.69) is 51.8 Å². The molecule has 26 heavy (non-hydrogen) atoms. The van der Waals surface area contributed by atoms with Crippen LogP contribution in [0.1, 0.15) is 31.4 Å². The molecule has 0 N–H and O–H groups in total. The molecule has 0 amide bonds. The fraction of sp³-hybridized carbons (Fsp3) is 0.524. The van der Waals surface area contributed by atoms with Crippen LogP contribution in [0.5, 0.6) is 0 Å². The molecule has 1 fully saturated rings. The van der Waals surface area contributed by atoms with Gasteiger partial charge in [0.1, 0.15) is 0 Å². The Kier molecular flexibility index (Phi) is 7.32. The summed E-state index contributed by atoms with van der Waals surface area (Å²) < 4.78 is 0. The first-order valence-electron chi connectivity index (χ1n) is 9.78. The van der Waals surface area contributed by atoms with Crippen molar-refractivity contribution in [2.24, 2.45) is 0 Å². The molecule has 0 aliphatic carbocycles. The van der Waals surface area contributed by atoms with Crippen molar-refractivity contribution in [3.63, 3.8) is 0 Å². The highest BCUT2D eigenvalue weighted by atomic mass is 32.2. The summed E-state index contributed by atoms with van der Waals surface area (Å²) in [6, 6.07) is 8.98. The molecule has 1 saturated heterocycles. The number of benzene rings is 1. The number of hydrogen-bond donors (Lipinski definition) is 0. The van der Waals surface area contributed by atoms with Gasteiger partial charge in [0.2, 0.25) is 0 Å². The van der Waals surface area contributed by atoms with Crippen molar-refractivity contribution in [1.29, 1.82) is 0 Å². The predicted octanol–water partition coefficient (Wildman–Crippen LogP) is 3.91. The molecule has 4 nitrogen and oxygen atoms in total. The van der Waals surface area contributed by atoms with E-state index >= 15 is 0 Å². The molecule has 1 aromatic carbocycles. The smallest absolute Gasteiger partial charge is 0.187 e. The Hall–Kier alpha value is -1.59. The quantitative estimate of drug-likeness (QED) is 0.400. The standard InChI is InChI=1S/C21H30N4S/c1-3-18-15-19(4-2)17-20(16-18)25-12-10-24(11-13-25)9-6-14-26-21-22-7-5-8-23-21/h5,7-8,15-17H,3-4,6,9-14H2,1-2H3. The third-order valence-corrected chi connectivity index (χ3v) is 5.95. The highest BCUT2D eigenvalue weighted by Crippen LogP contribution is 2.22. The molecule has 0 unspecified atom stereocenters. The first kappa shape index (κ1) is 19.2.